The van der Waals surface area contributed by atoms with E-state index in [9.17, 15) is 9.59 Å². The van der Waals surface area contributed by atoms with Gasteiger partial charge in [0.15, 0.2) is 0 Å². The molecular weight excluding hydrogens is 182 g/mol. The van der Waals surface area contributed by atoms with E-state index in [0.717, 1.165) is 0 Å². The molecule has 14 heavy (non-hydrogen) atoms. The van der Waals surface area contributed by atoms with E-state index in [1.165, 1.54) is 7.05 Å². The van der Waals surface area contributed by atoms with Crippen molar-refractivity contribution in [1.29, 1.82) is 0 Å². The number of carbonyl (C=O) groups is 2. The predicted molar refractivity (Wildman–Crippen MR) is 50.2 cm³/mol. The van der Waals surface area contributed by atoms with Gasteiger partial charge in [0.25, 0.3) is 0 Å². The minimum atomic E-state index is -0.654. The predicted octanol–water partition coefficient (Wildman–Crippen LogP) is -0.556. The second-order valence-electron chi connectivity index (χ2n) is 2.58. The summed E-state index contributed by atoms with van der Waals surface area (Å²) in [5.41, 5.74) is 0.713. The van der Waals surface area contributed by atoms with Gasteiger partial charge in [-0.25, -0.2) is 0 Å². The average Bonchev–Trinajstić information content (AvgIpc) is 2.26. The van der Waals surface area contributed by atoms with E-state index < -0.39 is 11.8 Å². The van der Waals surface area contributed by atoms with Crippen LogP contribution in [0, 0.1) is 0 Å². The van der Waals surface area contributed by atoms with Crippen molar-refractivity contribution in [3.8, 4) is 0 Å². The second-order valence-corrected chi connectivity index (χ2v) is 2.58. The molecule has 1 rings (SSSR count). The van der Waals surface area contributed by atoms with Crippen molar-refractivity contribution in [3.05, 3.63) is 30.1 Å². The summed E-state index contributed by atoms with van der Waals surface area (Å²) in [6.45, 7) is 0.257. The number of hydrogen-bond acceptors (Lipinski definition) is 3. The Morgan fingerprint density at radius 1 is 1.36 bits per heavy atom. The van der Waals surface area contributed by atoms with Gasteiger partial charge in [-0.2, -0.15) is 0 Å². The fourth-order valence-corrected chi connectivity index (χ4v) is 0.867. The number of hydrogen-bond donors (Lipinski definition) is 2. The highest BCUT2D eigenvalue weighted by atomic mass is 16.2. The third kappa shape index (κ3) is 2.85. The highest BCUT2D eigenvalue weighted by molar-refractivity contribution is 6.34. The normalized spacial score (nSPS) is 9.21. The first-order valence-electron chi connectivity index (χ1n) is 4.14. The van der Waals surface area contributed by atoms with Gasteiger partial charge in [0.2, 0.25) is 0 Å². The molecule has 74 valence electrons. The number of aromatic nitrogens is 1. The second kappa shape index (κ2) is 4.96. The van der Waals surface area contributed by atoms with Gasteiger partial charge >= 0.3 is 11.8 Å². The molecule has 0 bridgehead atoms. The molecule has 0 fully saturated rings. The molecule has 0 aliphatic carbocycles. The van der Waals surface area contributed by atoms with E-state index in [4.69, 9.17) is 0 Å². The maximum atomic E-state index is 11.0. The molecule has 0 unspecified atom stereocenters. The van der Waals surface area contributed by atoms with Gasteiger partial charge in [0.1, 0.15) is 0 Å². The number of rotatable bonds is 2. The van der Waals surface area contributed by atoms with Crippen LogP contribution in [0.3, 0.4) is 0 Å². The molecule has 5 heteroatoms. The topological polar surface area (TPSA) is 71.1 Å². The van der Waals surface area contributed by atoms with Gasteiger partial charge in [0, 0.05) is 13.2 Å². The Morgan fingerprint density at radius 3 is 2.71 bits per heavy atom. The van der Waals surface area contributed by atoms with E-state index in [1.807, 2.05) is 6.07 Å². The molecule has 0 radical (unpaired) electrons. The molecule has 0 aliphatic heterocycles. The smallest absolute Gasteiger partial charge is 0.309 e. The van der Waals surface area contributed by atoms with Crippen molar-refractivity contribution in [1.82, 2.24) is 15.6 Å². The summed E-state index contributed by atoms with van der Waals surface area (Å²) in [6, 6.07) is 5.36. The molecule has 2 N–H and O–H groups in total. The maximum absolute atomic E-state index is 11.0. The van der Waals surface area contributed by atoms with Gasteiger partial charge in [-0.15, -0.1) is 0 Å². The minimum Gasteiger partial charge on any atom is -0.351 e. The van der Waals surface area contributed by atoms with E-state index in [0.29, 0.717) is 5.69 Å². The van der Waals surface area contributed by atoms with Crippen molar-refractivity contribution >= 4 is 11.8 Å². The van der Waals surface area contributed by atoms with Crippen LogP contribution in [0.1, 0.15) is 5.69 Å². The SMILES string of the molecule is CNC(=O)C(=O)NCc1ccccn1. The van der Waals surface area contributed by atoms with E-state index in [2.05, 4.69) is 15.6 Å². The summed E-state index contributed by atoms with van der Waals surface area (Å²) in [5, 5.41) is 4.67. The zero-order chi connectivity index (χ0) is 10.4. The number of amides is 2. The first kappa shape index (κ1) is 10.2. The molecule has 0 spiro atoms. The summed E-state index contributed by atoms with van der Waals surface area (Å²) in [5.74, 6) is -1.31. The highest BCUT2D eigenvalue weighted by Gasteiger charge is 2.09. The molecule has 1 heterocycles. The number of nitrogens with one attached hydrogen (secondary N) is 2. The lowest BCUT2D eigenvalue weighted by atomic mass is 10.3. The fourth-order valence-electron chi connectivity index (χ4n) is 0.867. The Labute approximate surface area is 81.5 Å². The van der Waals surface area contributed by atoms with Crippen LogP contribution in [-0.4, -0.2) is 23.8 Å². The van der Waals surface area contributed by atoms with Crippen molar-refractivity contribution in [2.24, 2.45) is 0 Å². The van der Waals surface area contributed by atoms with Crippen molar-refractivity contribution in [3.63, 3.8) is 0 Å². The lowest BCUT2D eigenvalue weighted by Gasteiger charge is -2.02. The Balaban J connectivity index is 2.42. The first-order valence-corrected chi connectivity index (χ1v) is 4.14. The molecule has 0 saturated heterocycles. The molecule has 0 aromatic carbocycles. The molecule has 0 saturated carbocycles. The quantitative estimate of drug-likeness (QED) is 0.619. The Kier molecular flexibility index (Phi) is 3.60. The standard InChI is InChI=1S/C9H11N3O2/c1-10-8(13)9(14)12-6-7-4-2-3-5-11-7/h2-5H,6H2,1H3,(H,10,13)(H,12,14). The maximum Gasteiger partial charge on any atom is 0.309 e. The molecule has 1 aromatic rings. The highest BCUT2D eigenvalue weighted by Crippen LogP contribution is 1.91. The summed E-state index contributed by atoms with van der Waals surface area (Å²) in [7, 11) is 1.41. The number of carbonyl (C=O) groups excluding carboxylic acids is 2. The zero-order valence-corrected chi connectivity index (χ0v) is 7.78. The summed E-state index contributed by atoms with van der Waals surface area (Å²) in [6.07, 6.45) is 1.63. The van der Waals surface area contributed by atoms with Crippen LogP contribution >= 0.6 is 0 Å². The lowest BCUT2D eigenvalue weighted by Crippen LogP contribution is -2.37. The van der Waals surface area contributed by atoms with Crippen LogP contribution in [0.2, 0.25) is 0 Å². The monoisotopic (exact) mass is 193 g/mol. The van der Waals surface area contributed by atoms with Gasteiger partial charge in [-0.05, 0) is 12.1 Å². The van der Waals surface area contributed by atoms with Crippen LogP contribution in [0.25, 0.3) is 0 Å². The number of pyridine rings is 1. The van der Waals surface area contributed by atoms with Gasteiger partial charge in [0.05, 0.1) is 12.2 Å². The fraction of sp³-hybridized carbons (Fsp3) is 0.222. The van der Waals surface area contributed by atoms with Gasteiger partial charge in [-0.1, -0.05) is 6.07 Å². The van der Waals surface area contributed by atoms with Gasteiger partial charge in [-0.3, -0.25) is 14.6 Å². The zero-order valence-electron chi connectivity index (χ0n) is 7.78. The molecule has 5 nitrogen and oxygen atoms in total. The van der Waals surface area contributed by atoms with Crippen LogP contribution in [0.15, 0.2) is 24.4 Å². The van der Waals surface area contributed by atoms with Crippen molar-refractivity contribution in [2.75, 3.05) is 7.05 Å². The molecule has 0 aliphatic rings. The molecular formula is C9H11N3O2. The average molecular weight is 193 g/mol. The van der Waals surface area contributed by atoms with Crippen LogP contribution in [-0.2, 0) is 16.1 Å². The first-order chi connectivity index (χ1) is 6.74. The van der Waals surface area contributed by atoms with E-state index in [1.54, 1.807) is 18.3 Å². The minimum absolute atomic E-state index is 0.257. The lowest BCUT2D eigenvalue weighted by molar-refractivity contribution is -0.139. The van der Waals surface area contributed by atoms with Crippen molar-refractivity contribution < 1.29 is 9.59 Å². The Bertz CT molecular complexity index is 324. The van der Waals surface area contributed by atoms with Crippen LogP contribution in [0.5, 0.6) is 0 Å². The summed E-state index contributed by atoms with van der Waals surface area (Å²) >= 11 is 0. The molecule has 0 atom stereocenters. The van der Waals surface area contributed by atoms with Crippen LogP contribution < -0.4 is 10.6 Å². The third-order valence-corrected chi connectivity index (χ3v) is 1.59. The Hall–Kier alpha value is -1.91. The van der Waals surface area contributed by atoms with E-state index >= 15 is 0 Å². The Morgan fingerprint density at radius 2 is 2.14 bits per heavy atom. The van der Waals surface area contributed by atoms with Crippen molar-refractivity contribution in [2.45, 2.75) is 6.54 Å². The van der Waals surface area contributed by atoms with Crippen LogP contribution in [0.4, 0.5) is 0 Å². The largest absolute Gasteiger partial charge is 0.351 e. The molecule has 1 aromatic heterocycles. The molecule has 2 amide bonds. The number of likely N-dealkylation sites (N-methyl/N-ethyl adjacent to an activating group) is 1. The van der Waals surface area contributed by atoms with Gasteiger partial charge < -0.3 is 10.6 Å². The third-order valence-electron chi connectivity index (χ3n) is 1.59. The summed E-state index contributed by atoms with van der Waals surface area (Å²) < 4.78 is 0. The summed E-state index contributed by atoms with van der Waals surface area (Å²) in [4.78, 5) is 25.8. The number of nitrogens with zero attached hydrogens (tertiary/aromatic N) is 1. The van der Waals surface area contributed by atoms with E-state index in [-0.39, 0.29) is 6.54 Å².